The monoisotopic (exact) mass is 193 g/mol. The Bertz CT molecular complexity index is 334. The SMILES string of the molecule is CCc1c(OC)cccc1C(=O)NC. The van der Waals surface area contributed by atoms with Gasteiger partial charge >= 0.3 is 0 Å². The Kier molecular flexibility index (Phi) is 3.51. The summed E-state index contributed by atoms with van der Waals surface area (Å²) in [5.41, 5.74) is 1.64. The van der Waals surface area contributed by atoms with Crippen molar-refractivity contribution in [3.63, 3.8) is 0 Å². The lowest BCUT2D eigenvalue weighted by atomic mass is 10.0. The topological polar surface area (TPSA) is 38.3 Å². The number of hydrogen-bond acceptors (Lipinski definition) is 2. The summed E-state index contributed by atoms with van der Waals surface area (Å²) in [6.45, 7) is 2.00. The minimum atomic E-state index is -0.0687. The van der Waals surface area contributed by atoms with Crippen LogP contribution in [0.4, 0.5) is 0 Å². The first-order valence-corrected chi connectivity index (χ1v) is 4.62. The zero-order chi connectivity index (χ0) is 10.6. The van der Waals surface area contributed by atoms with Gasteiger partial charge in [0.05, 0.1) is 7.11 Å². The van der Waals surface area contributed by atoms with Crippen LogP contribution in [0.2, 0.25) is 0 Å². The standard InChI is InChI=1S/C11H15NO2/c1-4-8-9(11(13)12-2)6-5-7-10(8)14-3/h5-7H,4H2,1-3H3,(H,12,13). The van der Waals surface area contributed by atoms with Gasteiger partial charge in [0, 0.05) is 18.2 Å². The van der Waals surface area contributed by atoms with Crippen LogP contribution in [0.5, 0.6) is 5.75 Å². The van der Waals surface area contributed by atoms with Gasteiger partial charge in [-0.2, -0.15) is 0 Å². The van der Waals surface area contributed by atoms with Gasteiger partial charge in [0.25, 0.3) is 5.91 Å². The second-order valence-corrected chi connectivity index (χ2v) is 2.92. The summed E-state index contributed by atoms with van der Waals surface area (Å²) in [6, 6.07) is 5.49. The third-order valence-electron chi connectivity index (χ3n) is 2.18. The van der Waals surface area contributed by atoms with E-state index in [9.17, 15) is 4.79 Å². The molecule has 0 aliphatic heterocycles. The van der Waals surface area contributed by atoms with Crippen LogP contribution in [0, 0.1) is 0 Å². The molecule has 0 saturated carbocycles. The van der Waals surface area contributed by atoms with Gasteiger partial charge in [-0.25, -0.2) is 0 Å². The second kappa shape index (κ2) is 4.65. The van der Waals surface area contributed by atoms with E-state index in [0.29, 0.717) is 5.56 Å². The number of carbonyl (C=O) groups is 1. The molecule has 0 heterocycles. The van der Waals surface area contributed by atoms with Crippen molar-refractivity contribution in [2.24, 2.45) is 0 Å². The Hall–Kier alpha value is -1.51. The molecule has 76 valence electrons. The van der Waals surface area contributed by atoms with Gasteiger partial charge in [0.1, 0.15) is 5.75 Å². The zero-order valence-electron chi connectivity index (χ0n) is 8.76. The molecule has 3 heteroatoms. The molecule has 0 radical (unpaired) electrons. The number of ether oxygens (including phenoxy) is 1. The van der Waals surface area contributed by atoms with Gasteiger partial charge in [-0.05, 0) is 18.6 Å². The summed E-state index contributed by atoms with van der Waals surface area (Å²) in [7, 11) is 3.24. The first-order valence-electron chi connectivity index (χ1n) is 4.62. The van der Waals surface area contributed by atoms with Crippen LogP contribution in [-0.4, -0.2) is 20.1 Å². The summed E-state index contributed by atoms with van der Waals surface area (Å²) in [6.07, 6.45) is 0.784. The Labute approximate surface area is 84.1 Å². The fourth-order valence-corrected chi connectivity index (χ4v) is 1.47. The predicted octanol–water partition coefficient (Wildman–Crippen LogP) is 1.62. The molecule has 0 aliphatic carbocycles. The van der Waals surface area contributed by atoms with Gasteiger partial charge in [-0.3, -0.25) is 4.79 Å². The number of rotatable bonds is 3. The number of amides is 1. The number of benzene rings is 1. The van der Waals surface area contributed by atoms with E-state index in [0.717, 1.165) is 17.7 Å². The van der Waals surface area contributed by atoms with Crippen LogP contribution >= 0.6 is 0 Å². The van der Waals surface area contributed by atoms with Crippen LogP contribution in [0.1, 0.15) is 22.8 Å². The minimum absolute atomic E-state index is 0.0687. The summed E-state index contributed by atoms with van der Waals surface area (Å²) in [5.74, 6) is 0.703. The first kappa shape index (κ1) is 10.6. The minimum Gasteiger partial charge on any atom is -0.496 e. The zero-order valence-corrected chi connectivity index (χ0v) is 8.76. The molecular formula is C11H15NO2. The normalized spacial score (nSPS) is 9.64. The molecular weight excluding hydrogens is 178 g/mol. The van der Waals surface area contributed by atoms with E-state index < -0.39 is 0 Å². The van der Waals surface area contributed by atoms with Crippen molar-refractivity contribution >= 4 is 5.91 Å². The molecule has 0 aromatic heterocycles. The number of methoxy groups -OCH3 is 1. The molecule has 1 aromatic rings. The predicted molar refractivity (Wildman–Crippen MR) is 55.8 cm³/mol. The molecule has 0 bridgehead atoms. The van der Waals surface area contributed by atoms with E-state index in [4.69, 9.17) is 4.74 Å². The smallest absolute Gasteiger partial charge is 0.251 e. The maximum atomic E-state index is 11.5. The van der Waals surface area contributed by atoms with E-state index in [1.807, 2.05) is 19.1 Å². The van der Waals surface area contributed by atoms with Gasteiger partial charge < -0.3 is 10.1 Å². The van der Waals surface area contributed by atoms with Crippen molar-refractivity contribution in [2.75, 3.05) is 14.2 Å². The lowest BCUT2D eigenvalue weighted by Gasteiger charge is -2.10. The van der Waals surface area contributed by atoms with Crippen LogP contribution < -0.4 is 10.1 Å². The fourth-order valence-electron chi connectivity index (χ4n) is 1.47. The summed E-state index contributed by atoms with van der Waals surface area (Å²) < 4.78 is 5.19. The highest BCUT2D eigenvalue weighted by Crippen LogP contribution is 2.22. The largest absolute Gasteiger partial charge is 0.496 e. The molecule has 0 spiro atoms. The third-order valence-corrected chi connectivity index (χ3v) is 2.18. The molecule has 1 N–H and O–H groups in total. The van der Waals surface area contributed by atoms with E-state index >= 15 is 0 Å². The first-order chi connectivity index (χ1) is 6.74. The number of nitrogens with one attached hydrogen (secondary N) is 1. The van der Waals surface area contributed by atoms with Crippen LogP contribution in [0.15, 0.2) is 18.2 Å². The lowest BCUT2D eigenvalue weighted by Crippen LogP contribution is -2.19. The van der Waals surface area contributed by atoms with Gasteiger partial charge in [0.15, 0.2) is 0 Å². The van der Waals surface area contributed by atoms with E-state index in [1.165, 1.54) is 0 Å². The average Bonchev–Trinajstić information content (AvgIpc) is 2.26. The van der Waals surface area contributed by atoms with Crippen molar-refractivity contribution in [1.82, 2.24) is 5.32 Å². The summed E-state index contributed by atoms with van der Waals surface area (Å²) in [5, 5.41) is 2.61. The molecule has 1 rings (SSSR count). The van der Waals surface area contributed by atoms with E-state index in [2.05, 4.69) is 5.32 Å². The molecule has 0 aliphatic rings. The van der Waals surface area contributed by atoms with Crippen LogP contribution in [0.3, 0.4) is 0 Å². The quantitative estimate of drug-likeness (QED) is 0.792. The molecule has 1 amide bonds. The Balaban J connectivity index is 3.21. The molecule has 14 heavy (non-hydrogen) atoms. The molecule has 0 atom stereocenters. The average molecular weight is 193 g/mol. The van der Waals surface area contributed by atoms with Gasteiger partial charge in [0.2, 0.25) is 0 Å². The van der Waals surface area contributed by atoms with Crippen molar-refractivity contribution in [3.8, 4) is 5.75 Å². The highest BCUT2D eigenvalue weighted by Gasteiger charge is 2.11. The Morgan fingerprint density at radius 2 is 2.21 bits per heavy atom. The second-order valence-electron chi connectivity index (χ2n) is 2.92. The van der Waals surface area contributed by atoms with Gasteiger partial charge in [-0.15, -0.1) is 0 Å². The maximum Gasteiger partial charge on any atom is 0.251 e. The van der Waals surface area contributed by atoms with Crippen molar-refractivity contribution in [1.29, 1.82) is 0 Å². The van der Waals surface area contributed by atoms with E-state index in [1.54, 1.807) is 20.2 Å². The molecule has 0 saturated heterocycles. The molecule has 0 fully saturated rings. The molecule has 1 aromatic carbocycles. The van der Waals surface area contributed by atoms with Crippen molar-refractivity contribution in [2.45, 2.75) is 13.3 Å². The number of hydrogen-bond donors (Lipinski definition) is 1. The van der Waals surface area contributed by atoms with Crippen molar-refractivity contribution < 1.29 is 9.53 Å². The van der Waals surface area contributed by atoms with Crippen LogP contribution in [0.25, 0.3) is 0 Å². The Morgan fingerprint density at radius 3 is 2.71 bits per heavy atom. The van der Waals surface area contributed by atoms with Crippen molar-refractivity contribution in [3.05, 3.63) is 29.3 Å². The highest BCUT2D eigenvalue weighted by molar-refractivity contribution is 5.96. The highest BCUT2D eigenvalue weighted by atomic mass is 16.5. The summed E-state index contributed by atoms with van der Waals surface area (Å²) >= 11 is 0. The lowest BCUT2D eigenvalue weighted by molar-refractivity contribution is 0.0962. The summed E-state index contributed by atoms with van der Waals surface area (Å²) in [4.78, 5) is 11.5. The third kappa shape index (κ3) is 1.87. The van der Waals surface area contributed by atoms with E-state index in [-0.39, 0.29) is 5.91 Å². The van der Waals surface area contributed by atoms with Crippen LogP contribution in [-0.2, 0) is 6.42 Å². The molecule has 3 nitrogen and oxygen atoms in total. The Morgan fingerprint density at radius 1 is 1.50 bits per heavy atom. The molecule has 0 unspecified atom stereocenters. The fraction of sp³-hybridized carbons (Fsp3) is 0.364. The van der Waals surface area contributed by atoms with Gasteiger partial charge in [-0.1, -0.05) is 13.0 Å². The maximum absolute atomic E-state index is 11.5. The number of carbonyl (C=O) groups excluding carboxylic acids is 1.